The highest BCUT2D eigenvalue weighted by molar-refractivity contribution is 6.12. The van der Waals surface area contributed by atoms with Crippen molar-refractivity contribution >= 4 is 28.7 Å². The SMILES string of the molecule is Cc1c(C(=O)CN2C(=O)N[C@]3(CCOc4ccccc43)C2=O)oc2ccccc12. The fourth-order valence-electron chi connectivity index (χ4n) is 4.17. The molecule has 3 heterocycles. The number of furan rings is 1. The number of imide groups is 1. The second kappa shape index (κ2) is 6.20. The number of Topliss-reactive ketones (excluding diaryl/α,β-unsaturated/α-hetero) is 1. The molecule has 0 aliphatic carbocycles. The number of rotatable bonds is 3. The Labute approximate surface area is 166 Å². The minimum atomic E-state index is -1.20. The van der Waals surface area contributed by atoms with Crippen LogP contribution in [0, 0.1) is 6.92 Å². The monoisotopic (exact) mass is 390 g/mol. The van der Waals surface area contributed by atoms with E-state index in [0.717, 1.165) is 10.3 Å². The van der Waals surface area contributed by atoms with Crippen molar-refractivity contribution in [3.8, 4) is 5.75 Å². The van der Waals surface area contributed by atoms with Gasteiger partial charge in [-0.25, -0.2) is 4.79 Å². The van der Waals surface area contributed by atoms with Crippen LogP contribution in [0.4, 0.5) is 4.79 Å². The van der Waals surface area contributed by atoms with E-state index in [-0.39, 0.29) is 12.3 Å². The van der Waals surface area contributed by atoms with Gasteiger partial charge in [0.15, 0.2) is 11.3 Å². The highest BCUT2D eigenvalue weighted by Crippen LogP contribution is 2.41. The molecule has 146 valence electrons. The smallest absolute Gasteiger partial charge is 0.325 e. The maximum Gasteiger partial charge on any atom is 0.325 e. The predicted molar refractivity (Wildman–Crippen MR) is 104 cm³/mol. The Morgan fingerprint density at radius 2 is 1.90 bits per heavy atom. The van der Waals surface area contributed by atoms with Crippen LogP contribution in [0.5, 0.6) is 5.75 Å². The molecular weight excluding hydrogens is 372 g/mol. The lowest BCUT2D eigenvalue weighted by molar-refractivity contribution is -0.132. The minimum Gasteiger partial charge on any atom is -0.493 e. The molecule has 0 saturated carbocycles. The molecule has 1 spiro atoms. The number of nitrogens with zero attached hydrogens (tertiary/aromatic N) is 1. The zero-order chi connectivity index (χ0) is 20.2. The van der Waals surface area contributed by atoms with Crippen LogP contribution in [0.1, 0.15) is 28.1 Å². The van der Waals surface area contributed by atoms with Crippen LogP contribution in [0.25, 0.3) is 11.0 Å². The molecular formula is C22H18N2O5. The number of hydrogen-bond donors (Lipinski definition) is 1. The van der Waals surface area contributed by atoms with E-state index in [0.29, 0.717) is 35.5 Å². The molecule has 3 amide bonds. The summed E-state index contributed by atoms with van der Waals surface area (Å²) >= 11 is 0. The van der Waals surface area contributed by atoms with E-state index in [2.05, 4.69) is 5.32 Å². The Morgan fingerprint density at radius 3 is 2.72 bits per heavy atom. The van der Waals surface area contributed by atoms with Gasteiger partial charge >= 0.3 is 6.03 Å². The number of ether oxygens (including phenoxy) is 1. The Balaban J connectivity index is 1.47. The van der Waals surface area contributed by atoms with Gasteiger partial charge in [-0.15, -0.1) is 0 Å². The van der Waals surface area contributed by atoms with Crippen LogP contribution in [0.2, 0.25) is 0 Å². The van der Waals surface area contributed by atoms with Crippen molar-refractivity contribution in [3.63, 3.8) is 0 Å². The highest BCUT2D eigenvalue weighted by Gasteiger charge is 2.55. The first-order valence-electron chi connectivity index (χ1n) is 9.39. The first-order valence-corrected chi connectivity index (χ1v) is 9.39. The van der Waals surface area contributed by atoms with E-state index in [1.54, 1.807) is 31.2 Å². The minimum absolute atomic E-state index is 0.167. The summed E-state index contributed by atoms with van der Waals surface area (Å²) in [6.07, 6.45) is 0.308. The first kappa shape index (κ1) is 17.5. The van der Waals surface area contributed by atoms with E-state index in [9.17, 15) is 14.4 Å². The standard InChI is InChI=1S/C22H18N2O5/c1-13-14-6-2-4-8-17(14)29-19(13)16(25)12-24-20(26)22(23-21(24)27)10-11-28-18-9-5-3-7-15(18)22/h2-9H,10-12H2,1H3,(H,23,27)/t22-/m0/s1. The summed E-state index contributed by atoms with van der Waals surface area (Å²) in [6, 6.07) is 13.9. The number of urea groups is 1. The Bertz CT molecular complexity index is 1180. The third kappa shape index (κ3) is 2.47. The van der Waals surface area contributed by atoms with E-state index < -0.39 is 23.3 Å². The fourth-order valence-corrected chi connectivity index (χ4v) is 4.17. The largest absolute Gasteiger partial charge is 0.493 e. The second-order valence-electron chi connectivity index (χ2n) is 7.30. The maximum atomic E-state index is 13.3. The van der Waals surface area contributed by atoms with Crippen LogP contribution in [-0.2, 0) is 10.3 Å². The summed E-state index contributed by atoms with van der Waals surface area (Å²) in [5.41, 5.74) is 0.707. The van der Waals surface area contributed by atoms with E-state index >= 15 is 0 Å². The lowest BCUT2D eigenvalue weighted by Gasteiger charge is -2.33. The molecule has 0 bridgehead atoms. The van der Waals surface area contributed by atoms with Gasteiger partial charge in [0.1, 0.15) is 11.3 Å². The first-order chi connectivity index (χ1) is 14.0. The van der Waals surface area contributed by atoms with Crippen LogP contribution < -0.4 is 10.1 Å². The van der Waals surface area contributed by atoms with Gasteiger partial charge in [0, 0.05) is 22.9 Å². The number of amides is 3. The third-order valence-electron chi connectivity index (χ3n) is 5.66. The molecule has 2 aliphatic heterocycles. The summed E-state index contributed by atoms with van der Waals surface area (Å²) in [4.78, 5) is 39.8. The maximum absolute atomic E-state index is 13.3. The van der Waals surface area contributed by atoms with Gasteiger partial charge in [-0.05, 0) is 19.1 Å². The van der Waals surface area contributed by atoms with E-state index in [1.165, 1.54) is 0 Å². The van der Waals surface area contributed by atoms with E-state index in [4.69, 9.17) is 9.15 Å². The zero-order valence-electron chi connectivity index (χ0n) is 15.7. The Kier molecular flexibility index (Phi) is 3.74. The van der Waals surface area contributed by atoms with Crippen molar-refractivity contribution in [2.45, 2.75) is 18.9 Å². The quantitative estimate of drug-likeness (QED) is 0.548. The summed E-state index contributed by atoms with van der Waals surface area (Å²) in [7, 11) is 0. The number of carbonyl (C=O) groups excluding carboxylic acids is 3. The van der Waals surface area contributed by atoms with Crippen molar-refractivity contribution in [1.29, 1.82) is 0 Å². The summed E-state index contributed by atoms with van der Waals surface area (Å²) in [5, 5.41) is 3.63. The summed E-state index contributed by atoms with van der Waals surface area (Å²) in [5.74, 6) is -0.131. The molecule has 29 heavy (non-hydrogen) atoms. The topological polar surface area (TPSA) is 88.9 Å². The molecule has 1 aromatic heterocycles. The average Bonchev–Trinajstić information content (AvgIpc) is 3.19. The van der Waals surface area contributed by atoms with Gasteiger partial charge in [0.2, 0.25) is 5.78 Å². The molecule has 2 aromatic carbocycles. The number of nitrogens with one attached hydrogen (secondary N) is 1. The van der Waals surface area contributed by atoms with Crippen molar-refractivity contribution < 1.29 is 23.5 Å². The van der Waals surface area contributed by atoms with Crippen molar-refractivity contribution in [2.75, 3.05) is 13.2 Å². The van der Waals surface area contributed by atoms with Crippen LogP contribution in [0.15, 0.2) is 52.9 Å². The van der Waals surface area contributed by atoms with Crippen molar-refractivity contribution in [3.05, 3.63) is 65.4 Å². The van der Waals surface area contributed by atoms with Crippen molar-refractivity contribution in [1.82, 2.24) is 10.2 Å². The predicted octanol–water partition coefficient (Wildman–Crippen LogP) is 3.15. The molecule has 1 fully saturated rings. The molecule has 1 saturated heterocycles. The van der Waals surface area contributed by atoms with Crippen LogP contribution >= 0.6 is 0 Å². The van der Waals surface area contributed by atoms with Gasteiger partial charge < -0.3 is 14.5 Å². The van der Waals surface area contributed by atoms with Gasteiger partial charge in [0.05, 0.1) is 13.2 Å². The van der Waals surface area contributed by atoms with Crippen LogP contribution in [0.3, 0.4) is 0 Å². The molecule has 2 aliphatic rings. The number of para-hydroxylation sites is 2. The second-order valence-corrected chi connectivity index (χ2v) is 7.30. The lowest BCUT2D eigenvalue weighted by atomic mass is 9.84. The molecule has 1 N–H and O–H groups in total. The number of carbonyl (C=O) groups is 3. The molecule has 7 nitrogen and oxygen atoms in total. The number of aryl methyl sites for hydroxylation is 1. The van der Waals surface area contributed by atoms with E-state index in [1.807, 2.05) is 24.3 Å². The number of hydrogen-bond acceptors (Lipinski definition) is 5. The van der Waals surface area contributed by atoms with Crippen molar-refractivity contribution in [2.24, 2.45) is 0 Å². The van der Waals surface area contributed by atoms with Crippen LogP contribution in [-0.4, -0.2) is 35.8 Å². The zero-order valence-corrected chi connectivity index (χ0v) is 15.7. The molecule has 7 heteroatoms. The molecule has 0 unspecified atom stereocenters. The van der Waals surface area contributed by atoms with Gasteiger partial charge in [-0.1, -0.05) is 36.4 Å². The highest BCUT2D eigenvalue weighted by atomic mass is 16.5. The average molecular weight is 390 g/mol. The molecule has 5 rings (SSSR count). The van der Waals surface area contributed by atoms with Gasteiger partial charge in [-0.3, -0.25) is 14.5 Å². The molecule has 3 aromatic rings. The molecule has 0 radical (unpaired) electrons. The number of benzene rings is 2. The third-order valence-corrected chi connectivity index (χ3v) is 5.66. The fraction of sp³-hybridized carbons (Fsp3) is 0.227. The Hall–Kier alpha value is -3.61. The Morgan fingerprint density at radius 1 is 1.14 bits per heavy atom. The number of ketones is 1. The summed E-state index contributed by atoms with van der Waals surface area (Å²) in [6.45, 7) is 1.71. The molecule has 1 atom stereocenters. The number of fused-ring (bicyclic) bond motifs is 3. The van der Waals surface area contributed by atoms with Gasteiger partial charge in [0.25, 0.3) is 5.91 Å². The normalized spacial score (nSPS) is 20.7. The van der Waals surface area contributed by atoms with Gasteiger partial charge in [-0.2, -0.15) is 0 Å². The summed E-state index contributed by atoms with van der Waals surface area (Å²) < 4.78 is 11.3. The lowest BCUT2D eigenvalue weighted by Crippen LogP contribution is -2.47.